The van der Waals surface area contributed by atoms with Gasteiger partial charge in [-0.1, -0.05) is 53.5 Å². The van der Waals surface area contributed by atoms with Crippen LogP contribution in [0, 0.1) is 0 Å². The van der Waals surface area contributed by atoms with Crippen LogP contribution in [0.1, 0.15) is 26.0 Å². The van der Waals surface area contributed by atoms with E-state index in [-0.39, 0.29) is 5.56 Å². The summed E-state index contributed by atoms with van der Waals surface area (Å²) in [6.07, 6.45) is 1.03. The fourth-order valence-corrected chi connectivity index (χ4v) is 5.28. The third-order valence-electron chi connectivity index (χ3n) is 3.98. The molecule has 0 saturated heterocycles. The molecule has 0 unspecified atom stereocenters. The molecule has 0 saturated carbocycles. The highest BCUT2D eigenvalue weighted by Gasteiger charge is 2.11. The lowest BCUT2D eigenvalue weighted by molar-refractivity contribution is 0.759. The van der Waals surface area contributed by atoms with Crippen LogP contribution in [0.15, 0.2) is 39.5 Å². The minimum Gasteiger partial charge on any atom is -0.358 e. The monoisotopic (exact) mass is 403 g/mol. The molecule has 26 heavy (non-hydrogen) atoms. The number of nitrogens with one attached hydrogen (secondary N) is 1. The molecule has 0 radical (unpaired) electrons. The Morgan fingerprint density at radius 3 is 2.96 bits per heavy atom. The number of aromatic nitrogens is 4. The van der Waals surface area contributed by atoms with Crippen molar-refractivity contribution in [1.82, 2.24) is 19.6 Å². The minimum absolute atomic E-state index is 0.0422. The largest absolute Gasteiger partial charge is 0.358 e. The maximum atomic E-state index is 12.5. The van der Waals surface area contributed by atoms with Crippen molar-refractivity contribution in [3.05, 3.63) is 46.4 Å². The number of hydrogen-bond acceptors (Lipinski definition) is 8. The Morgan fingerprint density at radius 2 is 2.12 bits per heavy atom. The van der Waals surface area contributed by atoms with Crippen molar-refractivity contribution in [3.8, 4) is 0 Å². The summed E-state index contributed by atoms with van der Waals surface area (Å²) < 4.78 is 3.61. The van der Waals surface area contributed by atoms with Gasteiger partial charge in [0.05, 0.1) is 15.9 Å². The average molecular weight is 404 g/mol. The molecule has 9 heteroatoms. The Balaban J connectivity index is 1.54. The first-order valence-corrected chi connectivity index (χ1v) is 10.9. The standard InChI is InChI=1S/C17H17N5OS3/c1-3-10(2)18-15-20-21-17(26-15)24-9-11-8-14(23)22-12-6-4-5-7-13(12)25-16(22)19-11/h4-8,10H,3,9H2,1-2H3,(H,18,20)/t10-/m0/s1. The molecule has 4 aromatic rings. The number of thioether (sulfide) groups is 1. The van der Waals surface area contributed by atoms with Gasteiger partial charge < -0.3 is 5.32 Å². The zero-order valence-electron chi connectivity index (χ0n) is 14.3. The van der Waals surface area contributed by atoms with Crippen molar-refractivity contribution in [2.75, 3.05) is 5.32 Å². The second-order valence-corrected chi connectivity index (χ2v) is 9.10. The maximum absolute atomic E-state index is 12.5. The molecule has 6 nitrogen and oxygen atoms in total. The maximum Gasteiger partial charge on any atom is 0.259 e. The second-order valence-electron chi connectivity index (χ2n) is 5.89. The molecule has 3 heterocycles. The van der Waals surface area contributed by atoms with Gasteiger partial charge in [0.15, 0.2) is 9.30 Å². The molecular formula is C17H17N5OS3. The van der Waals surface area contributed by atoms with E-state index in [0.717, 1.165) is 36.8 Å². The molecule has 0 bridgehead atoms. The van der Waals surface area contributed by atoms with Gasteiger partial charge in [-0.3, -0.25) is 9.20 Å². The van der Waals surface area contributed by atoms with Gasteiger partial charge in [0.25, 0.3) is 5.56 Å². The van der Waals surface area contributed by atoms with Gasteiger partial charge in [-0.25, -0.2) is 4.98 Å². The van der Waals surface area contributed by atoms with Crippen LogP contribution >= 0.6 is 34.4 Å². The normalized spacial score (nSPS) is 12.7. The molecule has 3 aromatic heterocycles. The number of nitrogens with zero attached hydrogens (tertiary/aromatic N) is 4. The summed E-state index contributed by atoms with van der Waals surface area (Å²) in [6, 6.07) is 9.85. The predicted molar refractivity (Wildman–Crippen MR) is 110 cm³/mol. The number of anilines is 1. The third kappa shape index (κ3) is 3.46. The van der Waals surface area contributed by atoms with E-state index in [9.17, 15) is 4.79 Å². The van der Waals surface area contributed by atoms with E-state index >= 15 is 0 Å². The van der Waals surface area contributed by atoms with E-state index in [2.05, 4.69) is 34.3 Å². The van der Waals surface area contributed by atoms with Gasteiger partial charge in [0, 0.05) is 17.9 Å². The number of hydrogen-bond donors (Lipinski definition) is 1. The van der Waals surface area contributed by atoms with Crippen molar-refractivity contribution in [2.24, 2.45) is 0 Å². The molecule has 0 fully saturated rings. The zero-order valence-corrected chi connectivity index (χ0v) is 16.7. The Bertz CT molecular complexity index is 1120. The smallest absolute Gasteiger partial charge is 0.259 e. The summed E-state index contributed by atoms with van der Waals surface area (Å²) in [6.45, 7) is 4.24. The van der Waals surface area contributed by atoms with Gasteiger partial charge in [-0.15, -0.1) is 10.2 Å². The van der Waals surface area contributed by atoms with Gasteiger partial charge in [0.1, 0.15) is 0 Å². The zero-order chi connectivity index (χ0) is 18.1. The second kappa shape index (κ2) is 7.34. The molecule has 0 spiro atoms. The highest BCUT2D eigenvalue weighted by Crippen LogP contribution is 2.29. The molecule has 0 amide bonds. The Labute approximate surface area is 162 Å². The lowest BCUT2D eigenvalue weighted by Crippen LogP contribution is -2.13. The quantitative estimate of drug-likeness (QED) is 0.485. The summed E-state index contributed by atoms with van der Waals surface area (Å²) in [7, 11) is 0. The lowest BCUT2D eigenvalue weighted by Gasteiger charge is -2.07. The van der Waals surface area contributed by atoms with Gasteiger partial charge in [0.2, 0.25) is 5.13 Å². The molecule has 134 valence electrons. The van der Waals surface area contributed by atoms with E-state index in [0.29, 0.717) is 11.8 Å². The molecule has 1 N–H and O–H groups in total. The van der Waals surface area contributed by atoms with E-state index in [1.807, 2.05) is 24.3 Å². The Hall–Kier alpha value is -1.97. The first-order valence-electron chi connectivity index (χ1n) is 8.27. The van der Waals surface area contributed by atoms with Crippen molar-refractivity contribution in [1.29, 1.82) is 0 Å². The predicted octanol–water partition coefficient (Wildman–Crippen LogP) is 4.26. The fraction of sp³-hybridized carbons (Fsp3) is 0.294. The van der Waals surface area contributed by atoms with Crippen molar-refractivity contribution in [2.45, 2.75) is 36.4 Å². The van der Waals surface area contributed by atoms with Gasteiger partial charge >= 0.3 is 0 Å². The van der Waals surface area contributed by atoms with Crippen LogP contribution in [0.25, 0.3) is 15.2 Å². The number of thiazole rings is 1. The topological polar surface area (TPSA) is 72.2 Å². The summed E-state index contributed by atoms with van der Waals surface area (Å²) in [4.78, 5) is 17.9. The minimum atomic E-state index is -0.0422. The Kier molecular flexibility index (Phi) is 4.92. The number of fused-ring (bicyclic) bond motifs is 3. The molecule has 1 atom stereocenters. The van der Waals surface area contributed by atoms with Crippen molar-refractivity contribution < 1.29 is 0 Å². The highest BCUT2D eigenvalue weighted by atomic mass is 32.2. The first kappa shape index (κ1) is 17.4. The number of rotatable bonds is 6. The average Bonchev–Trinajstić information content (AvgIpc) is 3.23. The molecule has 0 aliphatic rings. The summed E-state index contributed by atoms with van der Waals surface area (Å²) in [5.41, 5.74) is 1.63. The van der Waals surface area contributed by atoms with E-state index in [4.69, 9.17) is 0 Å². The van der Waals surface area contributed by atoms with Crippen LogP contribution in [0.4, 0.5) is 5.13 Å². The van der Waals surface area contributed by atoms with Crippen LogP contribution in [-0.4, -0.2) is 25.6 Å². The van der Waals surface area contributed by atoms with Crippen LogP contribution in [0.5, 0.6) is 0 Å². The van der Waals surface area contributed by atoms with Crippen molar-refractivity contribution >= 4 is 54.7 Å². The van der Waals surface area contributed by atoms with Crippen LogP contribution in [0.2, 0.25) is 0 Å². The first-order chi connectivity index (χ1) is 12.6. The molecular weight excluding hydrogens is 386 g/mol. The third-order valence-corrected chi connectivity index (χ3v) is 7.02. The van der Waals surface area contributed by atoms with Crippen LogP contribution < -0.4 is 10.9 Å². The van der Waals surface area contributed by atoms with Gasteiger partial charge in [-0.05, 0) is 25.5 Å². The van der Waals surface area contributed by atoms with E-state index in [1.165, 1.54) is 22.7 Å². The lowest BCUT2D eigenvalue weighted by atomic mass is 10.3. The van der Waals surface area contributed by atoms with E-state index in [1.54, 1.807) is 22.2 Å². The summed E-state index contributed by atoms with van der Waals surface area (Å²) in [5.74, 6) is 0.595. The summed E-state index contributed by atoms with van der Waals surface area (Å²) in [5, 5.41) is 12.5. The number of benzene rings is 1. The highest BCUT2D eigenvalue weighted by molar-refractivity contribution is 8.00. The van der Waals surface area contributed by atoms with Crippen LogP contribution in [-0.2, 0) is 5.75 Å². The van der Waals surface area contributed by atoms with E-state index < -0.39 is 0 Å². The van der Waals surface area contributed by atoms with Crippen molar-refractivity contribution in [3.63, 3.8) is 0 Å². The Morgan fingerprint density at radius 1 is 1.27 bits per heavy atom. The fourth-order valence-electron chi connectivity index (χ4n) is 2.47. The van der Waals surface area contributed by atoms with Gasteiger partial charge in [-0.2, -0.15) is 0 Å². The molecule has 4 rings (SSSR count). The molecule has 1 aromatic carbocycles. The number of para-hydroxylation sites is 1. The molecule has 0 aliphatic carbocycles. The molecule has 0 aliphatic heterocycles. The SMILES string of the molecule is CC[C@H](C)Nc1nnc(SCc2cc(=O)n3c(n2)sc2ccccc23)s1. The van der Waals surface area contributed by atoms with Crippen LogP contribution in [0.3, 0.4) is 0 Å². The summed E-state index contributed by atoms with van der Waals surface area (Å²) >= 11 is 4.61.